The highest BCUT2D eigenvalue weighted by Gasteiger charge is 2.28. The van der Waals surface area contributed by atoms with Crippen LogP contribution < -0.4 is 4.74 Å². The lowest BCUT2D eigenvalue weighted by Gasteiger charge is -2.36. The van der Waals surface area contributed by atoms with Crippen LogP contribution in [0.4, 0.5) is 0 Å². The van der Waals surface area contributed by atoms with E-state index in [-0.39, 0.29) is 5.91 Å². The van der Waals surface area contributed by atoms with Gasteiger partial charge in [-0.1, -0.05) is 6.07 Å². The predicted molar refractivity (Wildman–Crippen MR) is 120 cm³/mol. The first kappa shape index (κ1) is 20.1. The second kappa shape index (κ2) is 8.71. The lowest BCUT2D eigenvalue weighted by Crippen LogP contribution is -2.45. The molecule has 2 saturated heterocycles. The van der Waals surface area contributed by atoms with E-state index in [0.717, 1.165) is 48.6 Å². The van der Waals surface area contributed by atoms with Gasteiger partial charge in [0, 0.05) is 37.1 Å². The number of amides is 1. The molecule has 2 fully saturated rings. The average molecular weight is 419 g/mol. The zero-order valence-electron chi connectivity index (χ0n) is 18.2. The molecule has 6 nitrogen and oxygen atoms in total. The van der Waals surface area contributed by atoms with Crippen LogP contribution in [0.5, 0.6) is 5.75 Å². The fourth-order valence-corrected chi connectivity index (χ4v) is 4.80. The molecule has 1 aromatic carbocycles. The zero-order valence-corrected chi connectivity index (χ0v) is 18.2. The molecule has 3 aromatic rings. The molecule has 4 heterocycles. The summed E-state index contributed by atoms with van der Waals surface area (Å²) in [5.74, 6) is 0.875. The summed E-state index contributed by atoms with van der Waals surface area (Å²) in [7, 11) is 0. The Morgan fingerprint density at radius 3 is 2.48 bits per heavy atom. The van der Waals surface area contributed by atoms with E-state index in [1.807, 2.05) is 45.8 Å². The number of benzene rings is 1. The van der Waals surface area contributed by atoms with Gasteiger partial charge in [0.1, 0.15) is 18.0 Å². The monoisotopic (exact) mass is 418 g/mol. The van der Waals surface area contributed by atoms with Crippen LogP contribution in [0.3, 0.4) is 0 Å². The Hall–Kier alpha value is -2.86. The fraction of sp³-hybridized carbons (Fsp3) is 0.440. The number of piperidine rings is 1. The van der Waals surface area contributed by atoms with Gasteiger partial charge in [-0.25, -0.2) is 4.98 Å². The number of pyridine rings is 1. The van der Waals surface area contributed by atoms with Gasteiger partial charge in [0.15, 0.2) is 0 Å². The van der Waals surface area contributed by atoms with E-state index >= 15 is 0 Å². The molecule has 31 heavy (non-hydrogen) atoms. The standard InChI is InChI=1S/C25H30N4O2/c1-19-4-9-24-26-21(17-29(24)16-19)18-31-23-7-5-20(6-8-23)25(30)28-14-10-22(11-15-28)27-12-2-3-13-27/h4-9,16-17,22H,2-3,10-15,18H2,1H3. The number of likely N-dealkylation sites (tertiary alicyclic amines) is 2. The number of hydrogen-bond acceptors (Lipinski definition) is 4. The predicted octanol–water partition coefficient (Wildman–Crippen LogP) is 3.92. The number of hydrogen-bond donors (Lipinski definition) is 0. The second-order valence-corrected chi connectivity index (χ2v) is 8.78. The molecular formula is C25H30N4O2. The van der Waals surface area contributed by atoms with Gasteiger partial charge in [-0.15, -0.1) is 0 Å². The first-order valence-corrected chi connectivity index (χ1v) is 11.4. The summed E-state index contributed by atoms with van der Waals surface area (Å²) in [5, 5.41) is 0. The lowest BCUT2D eigenvalue weighted by atomic mass is 10.0. The number of aryl methyl sites for hydroxylation is 1. The van der Waals surface area contributed by atoms with Crippen molar-refractivity contribution in [1.29, 1.82) is 0 Å². The van der Waals surface area contributed by atoms with Crippen molar-refractivity contribution < 1.29 is 9.53 Å². The number of aromatic nitrogens is 2. The van der Waals surface area contributed by atoms with Gasteiger partial charge in [0.05, 0.1) is 5.69 Å². The van der Waals surface area contributed by atoms with Crippen LogP contribution in [0.2, 0.25) is 0 Å². The number of carbonyl (C=O) groups excluding carboxylic acids is 1. The van der Waals surface area contributed by atoms with Crippen molar-refractivity contribution in [3.05, 3.63) is 65.6 Å². The van der Waals surface area contributed by atoms with E-state index < -0.39 is 0 Å². The summed E-state index contributed by atoms with van der Waals surface area (Å²) in [6.45, 7) is 6.63. The summed E-state index contributed by atoms with van der Waals surface area (Å²) in [4.78, 5) is 22.1. The minimum absolute atomic E-state index is 0.127. The van der Waals surface area contributed by atoms with Crippen molar-refractivity contribution in [3.8, 4) is 5.75 Å². The van der Waals surface area contributed by atoms with Crippen LogP contribution in [0.1, 0.15) is 47.3 Å². The van der Waals surface area contributed by atoms with E-state index in [1.54, 1.807) is 0 Å². The molecule has 0 radical (unpaired) electrons. The van der Waals surface area contributed by atoms with E-state index in [2.05, 4.69) is 29.1 Å². The van der Waals surface area contributed by atoms with Crippen molar-refractivity contribution >= 4 is 11.6 Å². The Labute approximate surface area is 183 Å². The quantitative estimate of drug-likeness (QED) is 0.630. The van der Waals surface area contributed by atoms with Crippen LogP contribution in [-0.2, 0) is 6.61 Å². The molecule has 1 amide bonds. The number of fused-ring (bicyclic) bond motifs is 1. The third-order valence-electron chi connectivity index (χ3n) is 6.55. The van der Waals surface area contributed by atoms with E-state index in [1.165, 1.54) is 31.5 Å². The average Bonchev–Trinajstić information content (AvgIpc) is 3.47. The molecule has 2 aromatic heterocycles. The topological polar surface area (TPSA) is 50.1 Å². The molecule has 2 aliphatic rings. The number of rotatable bonds is 5. The van der Waals surface area contributed by atoms with Crippen LogP contribution in [0.25, 0.3) is 5.65 Å². The lowest BCUT2D eigenvalue weighted by molar-refractivity contribution is 0.0644. The van der Waals surface area contributed by atoms with Crippen LogP contribution in [0.15, 0.2) is 48.8 Å². The summed E-state index contributed by atoms with van der Waals surface area (Å²) in [6.07, 6.45) is 8.87. The van der Waals surface area contributed by atoms with Crippen molar-refractivity contribution in [2.24, 2.45) is 0 Å². The van der Waals surface area contributed by atoms with Gasteiger partial charge in [0.2, 0.25) is 0 Å². The summed E-state index contributed by atoms with van der Waals surface area (Å²) in [5.41, 5.74) is 3.72. The van der Waals surface area contributed by atoms with Gasteiger partial charge in [-0.2, -0.15) is 0 Å². The molecular weight excluding hydrogens is 388 g/mol. The molecule has 0 saturated carbocycles. The normalized spacial score (nSPS) is 18.0. The van der Waals surface area contributed by atoms with Crippen molar-refractivity contribution in [2.45, 2.75) is 45.3 Å². The molecule has 0 atom stereocenters. The maximum Gasteiger partial charge on any atom is 0.253 e. The van der Waals surface area contributed by atoms with E-state index in [4.69, 9.17) is 4.74 Å². The third kappa shape index (κ3) is 4.44. The molecule has 2 aliphatic heterocycles. The highest BCUT2D eigenvalue weighted by Crippen LogP contribution is 2.23. The Morgan fingerprint density at radius 1 is 1.00 bits per heavy atom. The molecule has 0 aliphatic carbocycles. The Morgan fingerprint density at radius 2 is 1.74 bits per heavy atom. The molecule has 0 spiro atoms. The Bertz CT molecular complexity index is 1050. The molecule has 0 N–H and O–H groups in total. The minimum atomic E-state index is 0.127. The van der Waals surface area contributed by atoms with Crippen molar-refractivity contribution in [2.75, 3.05) is 26.2 Å². The van der Waals surface area contributed by atoms with E-state index in [9.17, 15) is 4.79 Å². The number of ether oxygens (including phenoxy) is 1. The highest BCUT2D eigenvalue weighted by molar-refractivity contribution is 5.94. The van der Waals surface area contributed by atoms with Gasteiger partial charge in [-0.05, 0) is 81.6 Å². The summed E-state index contributed by atoms with van der Waals surface area (Å²) in [6, 6.07) is 12.2. The maximum absolute atomic E-state index is 12.9. The van der Waals surface area contributed by atoms with E-state index in [0.29, 0.717) is 12.6 Å². The minimum Gasteiger partial charge on any atom is -0.487 e. The molecule has 0 unspecified atom stereocenters. The molecule has 5 rings (SSSR count). The molecule has 6 heteroatoms. The number of imidazole rings is 1. The SMILES string of the molecule is Cc1ccc2nc(COc3ccc(C(=O)N4CCC(N5CCCC5)CC4)cc3)cn2c1. The maximum atomic E-state index is 12.9. The largest absolute Gasteiger partial charge is 0.487 e. The number of nitrogens with zero attached hydrogens (tertiary/aromatic N) is 4. The van der Waals surface area contributed by atoms with Crippen LogP contribution >= 0.6 is 0 Å². The Kier molecular flexibility index (Phi) is 5.64. The highest BCUT2D eigenvalue weighted by atomic mass is 16.5. The fourth-order valence-electron chi connectivity index (χ4n) is 4.80. The van der Waals surface area contributed by atoms with Crippen molar-refractivity contribution in [1.82, 2.24) is 19.2 Å². The van der Waals surface area contributed by atoms with Crippen molar-refractivity contribution in [3.63, 3.8) is 0 Å². The summed E-state index contributed by atoms with van der Waals surface area (Å²) < 4.78 is 7.91. The smallest absolute Gasteiger partial charge is 0.253 e. The van der Waals surface area contributed by atoms with Gasteiger partial charge in [-0.3, -0.25) is 4.79 Å². The first-order valence-electron chi connectivity index (χ1n) is 11.4. The van der Waals surface area contributed by atoms with Crippen LogP contribution in [-0.4, -0.2) is 57.3 Å². The van der Waals surface area contributed by atoms with Gasteiger partial charge in [0.25, 0.3) is 5.91 Å². The summed E-state index contributed by atoms with van der Waals surface area (Å²) >= 11 is 0. The zero-order chi connectivity index (χ0) is 21.2. The first-order chi connectivity index (χ1) is 15.2. The number of carbonyl (C=O) groups is 1. The Balaban J connectivity index is 1.15. The second-order valence-electron chi connectivity index (χ2n) is 8.78. The van der Waals surface area contributed by atoms with Gasteiger partial charge < -0.3 is 18.9 Å². The van der Waals surface area contributed by atoms with Gasteiger partial charge >= 0.3 is 0 Å². The third-order valence-corrected chi connectivity index (χ3v) is 6.55. The van der Waals surface area contributed by atoms with Crippen LogP contribution in [0, 0.1) is 6.92 Å². The molecule has 0 bridgehead atoms. The molecule has 162 valence electrons.